The Hall–Kier alpha value is -2.80. The number of ether oxygens (including phenoxy) is 2. The zero-order valence-electron chi connectivity index (χ0n) is 21.4. The van der Waals surface area contributed by atoms with E-state index in [4.69, 9.17) is 49.1 Å². The number of carbonyl (C=O) groups is 5. The smallest absolute Gasteiger partial charge is 0.437 e. The van der Waals surface area contributed by atoms with E-state index in [1.54, 1.807) is 51.1 Å². The summed E-state index contributed by atoms with van der Waals surface area (Å²) in [5.41, 5.74) is -2.80. The molecule has 0 aromatic heterocycles. The van der Waals surface area contributed by atoms with Crippen molar-refractivity contribution in [1.82, 2.24) is 14.9 Å². The van der Waals surface area contributed by atoms with E-state index < -0.39 is 64.2 Å². The molecule has 1 N–H and O–H groups in total. The lowest BCUT2D eigenvalue weighted by atomic mass is 9.90. The van der Waals surface area contributed by atoms with Gasteiger partial charge in [0.1, 0.15) is 12.2 Å². The quantitative estimate of drug-likeness (QED) is 0.285. The van der Waals surface area contributed by atoms with E-state index in [1.807, 2.05) is 0 Å². The van der Waals surface area contributed by atoms with Crippen LogP contribution in [0.25, 0.3) is 0 Å². The van der Waals surface area contributed by atoms with Gasteiger partial charge in [-0.05, 0) is 67.6 Å². The zero-order valence-corrected chi connectivity index (χ0v) is 23.7. The zero-order chi connectivity index (χ0) is 29.2. The van der Waals surface area contributed by atoms with Gasteiger partial charge in [0, 0.05) is 19.3 Å². The third-order valence-electron chi connectivity index (χ3n) is 5.97. The highest BCUT2D eigenvalue weighted by Gasteiger charge is 2.61. The standard InChI is InChI=1S/C24H28Cl3N3O9/c1-22(2,3)38-20(35)28-13-16(11-12-23(28,19(33)34)29-17(31)9-10-18(29)32)30(21(36)39-24(25,26)27)37-14-15-7-5-4-6-8-15/h4-8,16H,9-14H2,1-3H3,(H,33,34)/t16-,23-/m1/s1. The summed E-state index contributed by atoms with van der Waals surface area (Å²) < 4.78 is 7.83. The van der Waals surface area contributed by atoms with Crippen molar-refractivity contribution in [3.05, 3.63) is 35.9 Å². The number of carbonyl (C=O) groups excluding carboxylic acids is 4. The van der Waals surface area contributed by atoms with Crippen molar-refractivity contribution in [3.63, 3.8) is 0 Å². The minimum absolute atomic E-state index is 0.133. The van der Waals surface area contributed by atoms with Gasteiger partial charge >= 0.3 is 22.1 Å². The lowest BCUT2D eigenvalue weighted by molar-refractivity contribution is -0.204. The van der Waals surface area contributed by atoms with Crippen molar-refractivity contribution in [3.8, 4) is 0 Å². The molecule has 39 heavy (non-hydrogen) atoms. The second-order valence-corrected chi connectivity index (χ2v) is 12.1. The minimum atomic E-state index is -2.45. The van der Waals surface area contributed by atoms with E-state index in [0.29, 0.717) is 10.5 Å². The van der Waals surface area contributed by atoms with Crippen LogP contribution in [0.4, 0.5) is 9.59 Å². The van der Waals surface area contributed by atoms with Gasteiger partial charge in [-0.1, -0.05) is 30.3 Å². The van der Waals surface area contributed by atoms with Crippen LogP contribution in [-0.2, 0) is 35.3 Å². The molecule has 2 atom stereocenters. The van der Waals surface area contributed by atoms with E-state index in [0.717, 1.165) is 9.96 Å². The fraction of sp³-hybridized carbons (Fsp3) is 0.542. The molecule has 2 heterocycles. The van der Waals surface area contributed by atoms with Gasteiger partial charge in [-0.25, -0.2) is 19.3 Å². The van der Waals surface area contributed by atoms with Crippen LogP contribution < -0.4 is 0 Å². The number of carboxylic acids is 1. The summed E-state index contributed by atoms with van der Waals surface area (Å²) in [4.78, 5) is 71.6. The molecule has 0 spiro atoms. The molecule has 0 saturated carbocycles. The number of hydrogen-bond donors (Lipinski definition) is 1. The van der Waals surface area contributed by atoms with Crippen LogP contribution in [0.5, 0.6) is 0 Å². The Morgan fingerprint density at radius 3 is 2.15 bits per heavy atom. The Morgan fingerprint density at radius 2 is 1.64 bits per heavy atom. The predicted molar refractivity (Wildman–Crippen MR) is 137 cm³/mol. The fourth-order valence-corrected chi connectivity index (χ4v) is 4.60. The molecule has 2 aliphatic heterocycles. The van der Waals surface area contributed by atoms with E-state index in [2.05, 4.69) is 0 Å². The average Bonchev–Trinajstić information content (AvgIpc) is 3.15. The molecule has 0 bridgehead atoms. The number of imide groups is 1. The molecule has 1 aromatic carbocycles. The van der Waals surface area contributed by atoms with Crippen molar-refractivity contribution in [1.29, 1.82) is 0 Å². The van der Waals surface area contributed by atoms with Crippen molar-refractivity contribution in [2.75, 3.05) is 6.54 Å². The van der Waals surface area contributed by atoms with Crippen LogP contribution >= 0.6 is 34.8 Å². The van der Waals surface area contributed by atoms with Crippen molar-refractivity contribution in [2.45, 2.75) is 74.3 Å². The topological polar surface area (TPSA) is 143 Å². The number of aliphatic carboxylic acids is 1. The lowest BCUT2D eigenvalue weighted by Gasteiger charge is -2.50. The summed E-state index contributed by atoms with van der Waals surface area (Å²) in [5.74, 6) is -3.11. The van der Waals surface area contributed by atoms with Gasteiger partial charge in [-0.2, -0.15) is 5.06 Å². The average molecular weight is 609 g/mol. The highest BCUT2D eigenvalue weighted by atomic mass is 35.6. The van der Waals surface area contributed by atoms with Gasteiger partial charge in [0.05, 0.1) is 12.6 Å². The third kappa shape index (κ3) is 7.24. The predicted octanol–water partition coefficient (Wildman–Crippen LogP) is 4.21. The number of carboxylic acid groups (broad SMARTS) is 1. The number of likely N-dealkylation sites (tertiary alicyclic amines) is 2. The second kappa shape index (κ2) is 11.7. The molecule has 0 unspecified atom stereocenters. The SMILES string of the molecule is CC(C)(C)OC(=O)N1C[C@H](N(OCc2ccccc2)C(=O)OC(Cl)(Cl)Cl)CC[C@]1(C(=O)O)N1C(=O)CCC1=O. The molecule has 214 valence electrons. The van der Waals surface area contributed by atoms with Crippen molar-refractivity contribution >= 4 is 64.8 Å². The maximum Gasteiger partial charge on any atom is 0.437 e. The molecule has 3 rings (SSSR count). The van der Waals surface area contributed by atoms with Crippen LogP contribution in [0.15, 0.2) is 30.3 Å². The Bertz CT molecular complexity index is 1110. The fourth-order valence-electron chi connectivity index (χ4n) is 4.40. The van der Waals surface area contributed by atoms with Crippen LogP contribution in [0, 0.1) is 0 Å². The summed E-state index contributed by atoms with van der Waals surface area (Å²) in [7, 11) is 0. The van der Waals surface area contributed by atoms with E-state index in [-0.39, 0.29) is 25.9 Å². The maximum atomic E-state index is 13.4. The van der Waals surface area contributed by atoms with E-state index in [9.17, 15) is 29.1 Å². The molecule has 4 amide bonds. The molecular formula is C24H28Cl3N3O9. The summed E-state index contributed by atoms with van der Waals surface area (Å²) >= 11 is 16.9. The van der Waals surface area contributed by atoms with Crippen LogP contribution in [-0.4, -0.2) is 77.8 Å². The number of hydrogen-bond acceptors (Lipinski definition) is 8. The molecule has 2 fully saturated rings. The Kier molecular flexibility index (Phi) is 9.26. The number of amides is 4. The number of piperidine rings is 1. The summed E-state index contributed by atoms with van der Waals surface area (Å²) in [6.45, 7) is 4.03. The summed E-state index contributed by atoms with van der Waals surface area (Å²) in [6.07, 6.45) is -3.36. The van der Waals surface area contributed by atoms with Gasteiger partial charge in [0.2, 0.25) is 17.5 Å². The number of rotatable bonds is 6. The largest absolute Gasteiger partial charge is 0.478 e. The Balaban J connectivity index is 2.01. The van der Waals surface area contributed by atoms with Crippen molar-refractivity contribution in [2.24, 2.45) is 0 Å². The van der Waals surface area contributed by atoms with Crippen LogP contribution in [0.2, 0.25) is 0 Å². The molecule has 2 aliphatic rings. The van der Waals surface area contributed by atoms with Gasteiger partial charge in [-0.15, -0.1) is 0 Å². The van der Waals surface area contributed by atoms with Crippen LogP contribution in [0.3, 0.4) is 0 Å². The van der Waals surface area contributed by atoms with E-state index in [1.165, 1.54) is 0 Å². The summed E-state index contributed by atoms with van der Waals surface area (Å²) in [6, 6.07) is 7.68. The Labute approximate surface area is 239 Å². The highest BCUT2D eigenvalue weighted by Crippen LogP contribution is 2.39. The first-order valence-corrected chi connectivity index (χ1v) is 13.0. The highest BCUT2D eigenvalue weighted by molar-refractivity contribution is 6.66. The minimum Gasteiger partial charge on any atom is -0.478 e. The Morgan fingerprint density at radius 1 is 1.05 bits per heavy atom. The molecule has 1 aromatic rings. The molecule has 0 radical (unpaired) electrons. The second-order valence-electron chi connectivity index (χ2n) is 9.93. The summed E-state index contributed by atoms with van der Waals surface area (Å²) in [5, 5.41) is 11.1. The first-order chi connectivity index (χ1) is 18.0. The number of benzene rings is 1. The normalized spacial score (nSPS) is 22.1. The monoisotopic (exact) mass is 607 g/mol. The molecule has 15 heteroatoms. The van der Waals surface area contributed by atoms with Gasteiger partial charge in [-0.3, -0.25) is 19.3 Å². The molecule has 2 saturated heterocycles. The molecule has 12 nitrogen and oxygen atoms in total. The number of halogens is 3. The first kappa shape index (κ1) is 30.7. The number of alkyl halides is 3. The maximum absolute atomic E-state index is 13.4. The van der Waals surface area contributed by atoms with Gasteiger partial charge in [0.25, 0.3) is 0 Å². The van der Waals surface area contributed by atoms with E-state index >= 15 is 0 Å². The lowest BCUT2D eigenvalue weighted by Crippen LogP contribution is -2.73. The number of hydroxylamine groups is 2. The van der Waals surface area contributed by atoms with Gasteiger partial charge in [0.15, 0.2) is 0 Å². The van der Waals surface area contributed by atoms with Gasteiger partial charge < -0.3 is 14.6 Å². The third-order valence-corrected chi connectivity index (χ3v) is 6.20. The van der Waals surface area contributed by atoms with Crippen LogP contribution in [0.1, 0.15) is 52.0 Å². The number of nitrogens with zero attached hydrogens (tertiary/aromatic N) is 3. The molecular weight excluding hydrogens is 581 g/mol. The molecule has 0 aliphatic carbocycles. The van der Waals surface area contributed by atoms with Crippen molar-refractivity contribution < 1.29 is 43.4 Å². The first-order valence-electron chi connectivity index (χ1n) is 11.9.